The van der Waals surface area contributed by atoms with Gasteiger partial charge < -0.3 is 4.90 Å². The zero-order chi connectivity index (χ0) is 13.1. The van der Waals surface area contributed by atoms with E-state index in [4.69, 9.17) is 11.6 Å². The van der Waals surface area contributed by atoms with Crippen LogP contribution in [0.4, 0.5) is 5.82 Å². The molecule has 0 aliphatic carbocycles. The lowest BCUT2D eigenvalue weighted by Crippen LogP contribution is -2.30. The van der Waals surface area contributed by atoms with E-state index in [-0.39, 0.29) is 0 Å². The Bertz CT molecular complexity index is 514. The highest BCUT2D eigenvalue weighted by Gasteiger charge is 2.16. The van der Waals surface area contributed by atoms with Gasteiger partial charge in [-0.05, 0) is 47.3 Å². The summed E-state index contributed by atoms with van der Waals surface area (Å²) >= 11 is 11.2. The number of thiophene rings is 1. The van der Waals surface area contributed by atoms with Gasteiger partial charge in [0.15, 0.2) is 0 Å². The van der Waals surface area contributed by atoms with Crippen LogP contribution in [-0.4, -0.2) is 11.0 Å². The van der Waals surface area contributed by atoms with Crippen molar-refractivity contribution in [2.75, 3.05) is 4.90 Å². The molecule has 0 saturated heterocycles. The summed E-state index contributed by atoms with van der Waals surface area (Å²) in [6, 6.07) is 6.47. The van der Waals surface area contributed by atoms with E-state index in [0.29, 0.717) is 11.1 Å². The fourth-order valence-corrected chi connectivity index (χ4v) is 3.26. The van der Waals surface area contributed by atoms with Gasteiger partial charge in [-0.1, -0.05) is 17.7 Å². The molecule has 0 unspecified atom stereocenters. The SMILES string of the molecule is CC(C)N(Cc1cccs1)c1ncc(Cl)cc1Br. The predicted molar refractivity (Wildman–Crippen MR) is 82.6 cm³/mol. The van der Waals surface area contributed by atoms with Crippen molar-refractivity contribution in [3.05, 3.63) is 44.1 Å². The van der Waals surface area contributed by atoms with Gasteiger partial charge in [-0.15, -0.1) is 11.3 Å². The molecule has 2 aromatic heterocycles. The molecule has 0 radical (unpaired) electrons. The maximum Gasteiger partial charge on any atom is 0.143 e. The highest BCUT2D eigenvalue weighted by atomic mass is 79.9. The monoisotopic (exact) mass is 344 g/mol. The summed E-state index contributed by atoms with van der Waals surface area (Å²) < 4.78 is 0.931. The second-order valence-electron chi connectivity index (χ2n) is 4.26. The van der Waals surface area contributed by atoms with E-state index < -0.39 is 0 Å². The van der Waals surface area contributed by atoms with Gasteiger partial charge in [-0.2, -0.15) is 0 Å². The molecule has 2 rings (SSSR count). The van der Waals surface area contributed by atoms with E-state index in [0.717, 1.165) is 16.8 Å². The third-order valence-electron chi connectivity index (χ3n) is 2.59. The van der Waals surface area contributed by atoms with Crippen molar-refractivity contribution in [1.82, 2.24) is 4.98 Å². The molecule has 5 heteroatoms. The Balaban J connectivity index is 2.29. The van der Waals surface area contributed by atoms with E-state index in [1.165, 1.54) is 4.88 Å². The maximum absolute atomic E-state index is 5.93. The zero-order valence-electron chi connectivity index (χ0n) is 10.2. The molecule has 0 aromatic carbocycles. The average Bonchev–Trinajstić information content (AvgIpc) is 2.79. The minimum absolute atomic E-state index is 0.372. The third-order valence-corrected chi connectivity index (χ3v) is 4.24. The summed E-state index contributed by atoms with van der Waals surface area (Å²) in [5, 5.41) is 2.74. The molecule has 0 fully saturated rings. The molecule has 0 amide bonds. The molecule has 0 aliphatic heterocycles. The summed E-state index contributed by atoms with van der Waals surface area (Å²) in [7, 11) is 0. The molecule has 0 atom stereocenters. The second kappa shape index (κ2) is 6.04. The lowest BCUT2D eigenvalue weighted by molar-refractivity contribution is 0.675. The number of pyridine rings is 1. The van der Waals surface area contributed by atoms with Crippen LogP contribution >= 0.6 is 38.9 Å². The number of anilines is 1. The Morgan fingerprint density at radius 1 is 1.50 bits per heavy atom. The topological polar surface area (TPSA) is 16.1 Å². The van der Waals surface area contributed by atoms with E-state index in [2.05, 4.69) is 57.2 Å². The predicted octanol–water partition coefficient (Wildman–Crippen LogP) is 4.97. The van der Waals surface area contributed by atoms with Gasteiger partial charge in [0, 0.05) is 17.1 Å². The normalized spacial score (nSPS) is 10.9. The first-order chi connectivity index (χ1) is 8.58. The van der Waals surface area contributed by atoms with Crippen LogP contribution in [0.2, 0.25) is 5.02 Å². The van der Waals surface area contributed by atoms with Crippen molar-refractivity contribution in [3.8, 4) is 0 Å². The summed E-state index contributed by atoms with van der Waals surface area (Å²) in [6.07, 6.45) is 1.69. The molecule has 0 saturated carbocycles. The molecule has 2 heterocycles. The minimum Gasteiger partial charge on any atom is -0.348 e. The fraction of sp³-hybridized carbons (Fsp3) is 0.308. The number of rotatable bonds is 4. The van der Waals surface area contributed by atoms with Crippen molar-refractivity contribution in [2.45, 2.75) is 26.4 Å². The minimum atomic E-state index is 0.372. The van der Waals surface area contributed by atoms with E-state index in [1.807, 2.05) is 6.07 Å². The number of hydrogen-bond acceptors (Lipinski definition) is 3. The standard InChI is InChI=1S/C13H14BrClN2S/c1-9(2)17(8-11-4-3-5-18-11)13-12(14)6-10(15)7-16-13/h3-7,9H,8H2,1-2H3. The highest BCUT2D eigenvalue weighted by molar-refractivity contribution is 9.10. The second-order valence-corrected chi connectivity index (χ2v) is 6.58. The Labute approximate surface area is 125 Å². The Kier molecular flexibility index (Phi) is 4.65. The van der Waals surface area contributed by atoms with Crippen LogP contribution in [-0.2, 0) is 6.54 Å². The molecule has 2 nitrogen and oxygen atoms in total. The van der Waals surface area contributed by atoms with Crippen molar-refractivity contribution in [2.24, 2.45) is 0 Å². The first-order valence-corrected chi connectivity index (χ1v) is 7.73. The average molecular weight is 346 g/mol. The summed E-state index contributed by atoms with van der Waals surface area (Å²) in [6.45, 7) is 5.19. The van der Waals surface area contributed by atoms with Crippen LogP contribution < -0.4 is 4.90 Å². The molecular formula is C13H14BrClN2S. The zero-order valence-corrected chi connectivity index (χ0v) is 13.4. The van der Waals surface area contributed by atoms with Crippen LogP contribution in [0, 0.1) is 0 Å². The first kappa shape index (κ1) is 13.8. The number of nitrogens with zero attached hydrogens (tertiary/aromatic N) is 2. The molecule has 18 heavy (non-hydrogen) atoms. The maximum atomic E-state index is 5.93. The van der Waals surface area contributed by atoms with Gasteiger partial charge in [0.25, 0.3) is 0 Å². The molecule has 0 bridgehead atoms. The third kappa shape index (κ3) is 3.25. The molecular weight excluding hydrogens is 332 g/mol. The van der Waals surface area contributed by atoms with Crippen LogP contribution in [0.15, 0.2) is 34.2 Å². The molecule has 2 aromatic rings. The van der Waals surface area contributed by atoms with Gasteiger partial charge >= 0.3 is 0 Å². The number of aromatic nitrogens is 1. The Hall–Kier alpha value is -0.580. The number of hydrogen-bond donors (Lipinski definition) is 0. The fourth-order valence-electron chi connectivity index (χ4n) is 1.69. The first-order valence-electron chi connectivity index (χ1n) is 5.68. The van der Waals surface area contributed by atoms with Gasteiger partial charge in [0.05, 0.1) is 16.0 Å². The lowest BCUT2D eigenvalue weighted by Gasteiger charge is -2.28. The molecule has 0 N–H and O–H groups in total. The molecule has 96 valence electrons. The smallest absolute Gasteiger partial charge is 0.143 e. The quantitative estimate of drug-likeness (QED) is 0.777. The van der Waals surface area contributed by atoms with E-state index >= 15 is 0 Å². The summed E-state index contributed by atoms with van der Waals surface area (Å²) in [4.78, 5) is 8.01. The van der Waals surface area contributed by atoms with E-state index in [1.54, 1.807) is 17.5 Å². The molecule has 0 aliphatic rings. The summed E-state index contributed by atoms with van der Waals surface area (Å²) in [5.41, 5.74) is 0. The van der Waals surface area contributed by atoms with Crippen molar-refractivity contribution < 1.29 is 0 Å². The van der Waals surface area contributed by atoms with Gasteiger partial charge in [0.1, 0.15) is 5.82 Å². The number of halogens is 2. The van der Waals surface area contributed by atoms with Crippen molar-refractivity contribution >= 4 is 44.7 Å². The Morgan fingerprint density at radius 3 is 2.83 bits per heavy atom. The van der Waals surface area contributed by atoms with Crippen LogP contribution in [0.25, 0.3) is 0 Å². The van der Waals surface area contributed by atoms with Gasteiger partial charge in [-0.3, -0.25) is 0 Å². The van der Waals surface area contributed by atoms with Gasteiger partial charge in [0.2, 0.25) is 0 Å². The van der Waals surface area contributed by atoms with Crippen molar-refractivity contribution in [1.29, 1.82) is 0 Å². The Morgan fingerprint density at radius 2 is 2.28 bits per heavy atom. The summed E-state index contributed by atoms with van der Waals surface area (Å²) in [5.74, 6) is 0.933. The lowest BCUT2D eigenvalue weighted by atomic mass is 10.3. The van der Waals surface area contributed by atoms with E-state index in [9.17, 15) is 0 Å². The van der Waals surface area contributed by atoms with Crippen LogP contribution in [0.5, 0.6) is 0 Å². The van der Waals surface area contributed by atoms with Crippen LogP contribution in [0.1, 0.15) is 18.7 Å². The van der Waals surface area contributed by atoms with Gasteiger partial charge in [-0.25, -0.2) is 4.98 Å². The highest BCUT2D eigenvalue weighted by Crippen LogP contribution is 2.29. The molecule has 0 spiro atoms. The van der Waals surface area contributed by atoms with Crippen molar-refractivity contribution in [3.63, 3.8) is 0 Å². The van der Waals surface area contributed by atoms with Crippen LogP contribution in [0.3, 0.4) is 0 Å². The largest absolute Gasteiger partial charge is 0.348 e.